The van der Waals surface area contributed by atoms with E-state index in [9.17, 15) is 4.79 Å². The lowest BCUT2D eigenvalue weighted by Gasteiger charge is -2.35. The van der Waals surface area contributed by atoms with Crippen LogP contribution in [0.25, 0.3) is 0 Å². The maximum Gasteiger partial charge on any atom is 0.242 e. The van der Waals surface area contributed by atoms with E-state index in [0.29, 0.717) is 11.8 Å². The molecule has 0 spiro atoms. The van der Waals surface area contributed by atoms with Crippen molar-refractivity contribution in [3.05, 3.63) is 24.3 Å². The maximum absolute atomic E-state index is 12.3. The average molecular weight is 278 g/mol. The van der Waals surface area contributed by atoms with Crippen LogP contribution in [0.3, 0.4) is 0 Å². The molecule has 0 bridgehead atoms. The minimum Gasteiger partial charge on any atom is -0.360 e. The molecule has 0 saturated carbocycles. The molecule has 104 valence electrons. The van der Waals surface area contributed by atoms with Crippen molar-refractivity contribution in [1.29, 1.82) is 0 Å². The Bertz CT molecular complexity index is 446. The molecule has 2 rings (SSSR count). The number of likely N-dealkylation sites (N-methyl/N-ethyl adjacent to an activating group) is 1. The summed E-state index contributed by atoms with van der Waals surface area (Å²) >= 11 is 1.90. The van der Waals surface area contributed by atoms with E-state index < -0.39 is 0 Å². The van der Waals surface area contributed by atoms with Gasteiger partial charge < -0.3 is 9.80 Å². The maximum atomic E-state index is 12.3. The highest BCUT2D eigenvalue weighted by Gasteiger charge is 2.24. The first-order valence-corrected chi connectivity index (χ1v) is 7.82. The number of carbonyl (C=O) groups is 1. The van der Waals surface area contributed by atoms with Crippen LogP contribution >= 0.6 is 11.8 Å². The molecule has 0 N–H and O–H groups in total. The third kappa shape index (κ3) is 3.24. The van der Waals surface area contributed by atoms with Gasteiger partial charge in [0.15, 0.2) is 0 Å². The third-order valence-electron chi connectivity index (χ3n) is 3.45. The third-order valence-corrected chi connectivity index (χ3v) is 4.60. The van der Waals surface area contributed by atoms with Gasteiger partial charge in [0, 0.05) is 29.8 Å². The Morgan fingerprint density at radius 2 is 2.05 bits per heavy atom. The second-order valence-corrected chi connectivity index (χ2v) is 6.32. The van der Waals surface area contributed by atoms with Crippen molar-refractivity contribution < 1.29 is 4.79 Å². The Labute approximate surface area is 120 Å². The van der Waals surface area contributed by atoms with Crippen LogP contribution in [0.4, 0.5) is 5.69 Å². The highest BCUT2D eigenvalue weighted by Crippen LogP contribution is 2.37. The Morgan fingerprint density at radius 3 is 2.74 bits per heavy atom. The molecule has 0 radical (unpaired) electrons. The quantitative estimate of drug-likeness (QED) is 0.846. The van der Waals surface area contributed by atoms with Gasteiger partial charge in [-0.2, -0.15) is 0 Å². The molecule has 1 aliphatic heterocycles. The number of para-hydroxylation sites is 1. The predicted molar refractivity (Wildman–Crippen MR) is 81.9 cm³/mol. The van der Waals surface area contributed by atoms with Gasteiger partial charge in [-0.1, -0.05) is 19.1 Å². The zero-order valence-corrected chi connectivity index (χ0v) is 12.7. The van der Waals surface area contributed by atoms with Gasteiger partial charge in [-0.3, -0.25) is 4.79 Å². The number of hydrogen-bond donors (Lipinski definition) is 0. The van der Waals surface area contributed by atoms with Gasteiger partial charge in [0.2, 0.25) is 5.91 Å². The van der Waals surface area contributed by atoms with Crippen LogP contribution < -0.4 is 4.90 Å². The number of amides is 1. The SMILES string of the molecule is CCN(CC)C(=O)CN1C[C@H](C)Sc2ccccc21. The summed E-state index contributed by atoms with van der Waals surface area (Å²) in [5, 5.41) is 0.527. The van der Waals surface area contributed by atoms with Crippen LogP contribution in [0.15, 0.2) is 29.2 Å². The summed E-state index contributed by atoms with van der Waals surface area (Å²) in [6.45, 7) is 9.28. The molecule has 1 aromatic rings. The molecule has 1 aromatic carbocycles. The average Bonchev–Trinajstić information content (AvgIpc) is 2.40. The summed E-state index contributed by atoms with van der Waals surface area (Å²) in [7, 11) is 0. The zero-order chi connectivity index (χ0) is 13.8. The minimum atomic E-state index is 0.221. The monoisotopic (exact) mass is 278 g/mol. The van der Waals surface area contributed by atoms with E-state index in [-0.39, 0.29) is 5.91 Å². The zero-order valence-electron chi connectivity index (χ0n) is 11.9. The first-order chi connectivity index (χ1) is 9.15. The smallest absolute Gasteiger partial charge is 0.242 e. The van der Waals surface area contributed by atoms with Gasteiger partial charge in [-0.25, -0.2) is 0 Å². The normalized spacial score (nSPS) is 18.1. The van der Waals surface area contributed by atoms with Crippen molar-refractivity contribution in [2.24, 2.45) is 0 Å². The number of benzene rings is 1. The first kappa shape index (κ1) is 14.3. The number of nitrogens with zero attached hydrogens (tertiary/aromatic N) is 2. The molecular formula is C15H22N2OS. The standard InChI is InChI=1S/C15H22N2OS/c1-4-16(5-2)15(18)11-17-10-12(3)19-14-9-7-6-8-13(14)17/h6-9,12H,4-5,10-11H2,1-3H3/t12-/m0/s1. The van der Waals surface area contributed by atoms with Crippen molar-refractivity contribution in [2.75, 3.05) is 31.1 Å². The number of rotatable bonds is 4. The van der Waals surface area contributed by atoms with Crippen molar-refractivity contribution in [3.8, 4) is 0 Å². The van der Waals surface area contributed by atoms with E-state index in [4.69, 9.17) is 0 Å². The van der Waals surface area contributed by atoms with E-state index in [1.807, 2.05) is 36.6 Å². The molecule has 4 heteroatoms. The summed E-state index contributed by atoms with van der Waals surface area (Å²) < 4.78 is 0. The van der Waals surface area contributed by atoms with Crippen molar-refractivity contribution in [2.45, 2.75) is 30.9 Å². The molecule has 0 fully saturated rings. The molecule has 0 unspecified atom stereocenters. The lowest BCUT2D eigenvalue weighted by molar-refractivity contribution is -0.129. The van der Waals surface area contributed by atoms with Crippen LogP contribution in [-0.2, 0) is 4.79 Å². The molecule has 0 aromatic heterocycles. The van der Waals surface area contributed by atoms with Crippen molar-refractivity contribution in [1.82, 2.24) is 4.90 Å². The Kier molecular flexibility index (Phi) is 4.75. The summed E-state index contributed by atoms with van der Waals surface area (Å²) in [6, 6.07) is 8.37. The Hall–Kier alpha value is -1.16. The van der Waals surface area contributed by atoms with Gasteiger partial charge >= 0.3 is 0 Å². The molecule has 0 aliphatic carbocycles. The highest BCUT2D eigenvalue weighted by atomic mass is 32.2. The number of thioether (sulfide) groups is 1. The van der Waals surface area contributed by atoms with Crippen LogP contribution in [0.1, 0.15) is 20.8 Å². The van der Waals surface area contributed by atoms with Crippen LogP contribution in [0.5, 0.6) is 0 Å². The Balaban J connectivity index is 2.15. The van der Waals surface area contributed by atoms with Gasteiger partial charge in [0.25, 0.3) is 0 Å². The lowest BCUT2D eigenvalue weighted by atomic mass is 10.2. The number of anilines is 1. The van der Waals surface area contributed by atoms with Gasteiger partial charge in [-0.15, -0.1) is 11.8 Å². The fraction of sp³-hybridized carbons (Fsp3) is 0.533. The largest absolute Gasteiger partial charge is 0.360 e. The molecule has 1 aliphatic rings. The fourth-order valence-electron chi connectivity index (χ4n) is 2.47. The van der Waals surface area contributed by atoms with Gasteiger partial charge in [0.1, 0.15) is 0 Å². The topological polar surface area (TPSA) is 23.6 Å². The first-order valence-electron chi connectivity index (χ1n) is 6.94. The predicted octanol–water partition coefficient (Wildman–Crippen LogP) is 2.86. The van der Waals surface area contributed by atoms with E-state index in [1.165, 1.54) is 10.6 Å². The number of carbonyl (C=O) groups excluding carboxylic acids is 1. The fourth-order valence-corrected chi connectivity index (χ4v) is 3.63. The lowest BCUT2D eigenvalue weighted by Crippen LogP contribution is -2.43. The Morgan fingerprint density at radius 1 is 1.37 bits per heavy atom. The van der Waals surface area contributed by atoms with Crippen LogP contribution in [-0.4, -0.2) is 42.2 Å². The van der Waals surface area contributed by atoms with Crippen LogP contribution in [0, 0.1) is 0 Å². The summed E-state index contributed by atoms with van der Waals surface area (Å²) in [5.41, 5.74) is 1.20. The second-order valence-electron chi connectivity index (χ2n) is 4.84. The second kappa shape index (κ2) is 6.33. The van der Waals surface area contributed by atoms with Gasteiger partial charge in [-0.05, 0) is 26.0 Å². The van der Waals surface area contributed by atoms with E-state index in [0.717, 1.165) is 19.6 Å². The molecular weight excluding hydrogens is 256 g/mol. The van der Waals surface area contributed by atoms with E-state index >= 15 is 0 Å². The van der Waals surface area contributed by atoms with Crippen molar-refractivity contribution >= 4 is 23.4 Å². The molecule has 0 saturated heterocycles. The number of fused-ring (bicyclic) bond motifs is 1. The van der Waals surface area contributed by atoms with E-state index in [1.54, 1.807) is 0 Å². The van der Waals surface area contributed by atoms with Gasteiger partial charge in [0.05, 0.1) is 12.2 Å². The van der Waals surface area contributed by atoms with Crippen LogP contribution in [0.2, 0.25) is 0 Å². The summed E-state index contributed by atoms with van der Waals surface area (Å²) in [4.78, 5) is 17.7. The molecule has 19 heavy (non-hydrogen) atoms. The molecule has 3 nitrogen and oxygen atoms in total. The number of hydrogen-bond acceptors (Lipinski definition) is 3. The summed E-state index contributed by atoms with van der Waals surface area (Å²) in [6.07, 6.45) is 0. The highest BCUT2D eigenvalue weighted by molar-refractivity contribution is 8.00. The molecule has 1 amide bonds. The summed E-state index contributed by atoms with van der Waals surface area (Å²) in [5.74, 6) is 0.221. The molecule has 1 atom stereocenters. The van der Waals surface area contributed by atoms with E-state index in [2.05, 4.69) is 30.0 Å². The van der Waals surface area contributed by atoms with Crippen molar-refractivity contribution in [3.63, 3.8) is 0 Å². The minimum absolute atomic E-state index is 0.221. The molecule has 1 heterocycles.